The van der Waals surface area contributed by atoms with Crippen molar-refractivity contribution in [2.75, 3.05) is 11.1 Å². The van der Waals surface area contributed by atoms with Crippen molar-refractivity contribution >= 4 is 43.8 Å². The number of aromatic nitrogens is 1. The number of sulfone groups is 1. The van der Waals surface area contributed by atoms with Gasteiger partial charge in [0, 0.05) is 16.0 Å². The molecule has 0 aliphatic rings. The van der Waals surface area contributed by atoms with Crippen molar-refractivity contribution in [1.82, 2.24) is 4.98 Å². The lowest BCUT2D eigenvalue weighted by Crippen LogP contribution is -2.23. The van der Waals surface area contributed by atoms with E-state index in [9.17, 15) is 17.6 Å². The van der Waals surface area contributed by atoms with Crippen molar-refractivity contribution in [3.05, 3.63) is 64.8 Å². The van der Waals surface area contributed by atoms with Crippen molar-refractivity contribution in [1.29, 1.82) is 0 Å². The van der Waals surface area contributed by atoms with Gasteiger partial charge >= 0.3 is 0 Å². The maximum atomic E-state index is 12.9. The van der Waals surface area contributed by atoms with Gasteiger partial charge in [0.05, 0.1) is 10.6 Å². The molecule has 1 N–H and O–H groups in total. The van der Waals surface area contributed by atoms with Crippen LogP contribution in [-0.2, 0) is 14.6 Å². The third-order valence-electron chi connectivity index (χ3n) is 3.38. The normalized spacial score (nSPS) is 11.3. The molecule has 0 unspecified atom stereocenters. The van der Waals surface area contributed by atoms with Gasteiger partial charge in [-0.2, -0.15) is 0 Å². The van der Waals surface area contributed by atoms with E-state index in [4.69, 9.17) is 11.6 Å². The Morgan fingerprint density at radius 2 is 1.77 bits per heavy atom. The first-order valence-corrected chi connectivity index (χ1v) is 10.2. The molecule has 3 rings (SSSR count). The average Bonchev–Trinajstić information content (AvgIpc) is 3.03. The Hall–Kier alpha value is -2.29. The Morgan fingerprint density at radius 1 is 1.12 bits per heavy atom. The topological polar surface area (TPSA) is 76.1 Å². The molecule has 2 aromatic carbocycles. The summed E-state index contributed by atoms with van der Waals surface area (Å²) in [6, 6.07) is 11.4. The van der Waals surface area contributed by atoms with E-state index in [1.54, 1.807) is 29.6 Å². The minimum Gasteiger partial charge on any atom is -0.301 e. The third-order valence-corrected chi connectivity index (χ3v) is 6.03. The van der Waals surface area contributed by atoms with Crippen LogP contribution in [0, 0.1) is 5.82 Å². The Morgan fingerprint density at radius 3 is 2.42 bits per heavy atom. The maximum absolute atomic E-state index is 12.9. The number of rotatable bonds is 5. The van der Waals surface area contributed by atoms with E-state index in [0.717, 1.165) is 29.8 Å². The predicted octanol–water partition coefficient (Wildman–Crippen LogP) is 4.02. The molecule has 26 heavy (non-hydrogen) atoms. The Balaban J connectivity index is 1.68. The SMILES string of the molecule is O=C(CS(=O)(=O)c1ccc(F)cc1)Nc1nc(-c2ccc(Cl)cc2)cs1. The number of benzene rings is 2. The van der Waals surface area contributed by atoms with E-state index in [-0.39, 0.29) is 10.0 Å². The van der Waals surface area contributed by atoms with E-state index in [0.29, 0.717) is 10.7 Å². The summed E-state index contributed by atoms with van der Waals surface area (Å²) >= 11 is 7.02. The molecule has 5 nitrogen and oxygen atoms in total. The fourth-order valence-electron chi connectivity index (χ4n) is 2.14. The lowest BCUT2D eigenvalue weighted by molar-refractivity contribution is -0.113. The standard InChI is InChI=1S/C17H12ClFN2O3S2/c18-12-3-1-11(2-4-12)15-9-25-17(20-15)21-16(22)10-26(23,24)14-7-5-13(19)6-8-14/h1-9H,10H2,(H,20,21,22). The molecule has 1 aromatic heterocycles. The summed E-state index contributed by atoms with van der Waals surface area (Å²) in [7, 11) is -3.86. The summed E-state index contributed by atoms with van der Waals surface area (Å²) in [6.07, 6.45) is 0. The number of halogens is 2. The van der Waals surface area contributed by atoms with Crippen molar-refractivity contribution < 1.29 is 17.6 Å². The summed E-state index contributed by atoms with van der Waals surface area (Å²) in [5.74, 6) is -2.02. The third kappa shape index (κ3) is 4.46. The summed E-state index contributed by atoms with van der Waals surface area (Å²) in [4.78, 5) is 16.2. The Kier molecular flexibility index (Phi) is 5.36. The molecule has 0 radical (unpaired) electrons. The molecule has 0 aliphatic heterocycles. The van der Waals surface area contributed by atoms with Crippen molar-refractivity contribution in [2.45, 2.75) is 4.90 Å². The van der Waals surface area contributed by atoms with Crippen LogP contribution in [0.2, 0.25) is 5.02 Å². The second kappa shape index (κ2) is 7.53. The van der Waals surface area contributed by atoms with Crippen LogP contribution in [0.3, 0.4) is 0 Å². The van der Waals surface area contributed by atoms with E-state index < -0.39 is 27.3 Å². The van der Waals surface area contributed by atoms with Gasteiger partial charge in [0.1, 0.15) is 11.6 Å². The van der Waals surface area contributed by atoms with Gasteiger partial charge in [0.2, 0.25) is 5.91 Å². The summed E-state index contributed by atoms with van der Waals surface area (Å²) < 4.78 is 37.3. The van der Waals surface area contributed by atoms with Crippen LogP contribution in [0.5, 0.6) is 0 Å². The first-order valence-electron chi connectivity index (χ1n) is 7.33. The molecule has 0 atom stereocenters. The number of nitrogens with zero attached hydrogens (tertiary/aromatic N) is 1. The molecule has 1 heterocycles. The molecule has 134 valence electrons. The monoisotopic (exact) mass is 410 g/mol. The molecule has 3 aromatic rings. The fourth-order valence-corrected chi connectivity index (χ4v) is 4.13. The molecule has 0 aliphatic carbocycles. The number of hydrogen-bond acceptors (Lipinski definition) is 5. The van der Waals surface area contributed by atoms with E-state index >= 15 is 0 Å². The van der Waals surface area contributed by atoms with Gasteiger partial charge in [-0.3, -0.25) is 4.79 Å². The highest BCUT2D eigenvalue weighted by atomic mass is 35.5. The van der Waals surface area contributed by atoms with E-state index in [1.165, 1.54) is 11.3 Å². The summed E-state index contributed by atoms with van der Waals surface area (Å²) in [5.41, 5.74) is 1.47. The van der Waals surface area contributed by atoms with Crippen LogP contribution in [0.25, 0.3) is 11.3 Å². The first kappa shape index (κ1) is 18.5. The molecule has 0 fully saturated rings. The van der Waals surface area contributed by atoms with Gasteiger partial charge in [-0.05, 0) is 36.4 Å². The highest BCUT2D eigenvalue weighted by Gasteiger charge is 2.20. The molecule has 0 saturated carbocycles. The fraction of sp³-hybridized carbons (Fsp3) is 0.0588. The minimum atomic E-state index is -3.86. The van der Waals surface area contributed by atoms with Gasteiger partial charge in [-0.25, -0.2) is 17.8 Å². The smallest absolute Gasteiger partial charge is 0.241 e. The minimum absolute atomic E-state index is 0.116. The van der Waals surface area contributed by atoms with Gasteiger partial charge in [0.15, 0.2) is 15.0 Å². The molecule has 0 spiro atoms. The lowest BCUT2D eigenvalue weighted by atomic mass is 10.2. The maximum Gasteiger partial charge on any atom is 0.241 e. The molecule has 0 saturated heterocycles. The van der Waals surface area contributed by atoms with Crippen molar-refractivity contribution in [2.24, 2.45) is 0 Å². The van der Waals surface area contributed by atoms with Crippen LogP contribution in [-0.4, -0.2) is 25.1 Å². The van der Waals surface area contributed by atoms with E-state index in [2.05, 4.69) is 10.3 Å². The van der Waals surface area contributed by atoms with Gasteiger partial charge in [0.25, 0.3) is 0 Å². The summed E-state index contributed by atoms with van der Waals surface area (Å²) in [5, 5.41) is 5.10. The molecular weight excluding hydrogens is 399 g/mol. The number of nitrogens with one attached hydrogen (secondary N) is 1. The molecule has 9 heteroatoms. The quantitative estimate of drug-likeness (QED) is 0.644. The van der Waals surface area contributed by atoms with Crippen molar-refractivity contribution in [3.63, 3.8) is 0 Å². The van der Waals surface area contributed by atoms with Crippen LogP contribution >= 0.6 is 22.9 Å². The van der Waals surface area contributed by atoms with Crippen LogP contribution in [0.15, 0.2) is 58.8 Å². The van der Waals surface area contributed by atoms with Crippen LogP contribution < -0.4 is 5.32 Å². The van der Waals surface area contributed by atoms with Gasteiger partial charge < -0.3 is 5.32 Å². The second-order valence-electron chi connectivity index (χ2n) is 5.31. The Bertz CT molecular complexity index is 1030. The first-order chi connectivity index (χ1) is 12.3. The zero-order chi connectivity index (χ0) is 18.7. The number of anilines is 1. The molecule has 0 bridgehead atoms. The van der Waals surface area contributed by atoms with Crippen LogP contribution in [0.1, 0.15) is 0 Å². The number of carbonyl (C=O) groups is 1. The zero-order valence-corrected chi connectivity index (χ0v) is 15.5. The van der Waals surface area contributed by atoms with Crippen LogP contribution in [0.4, 0.5) is 9.52 Å². The lowest BCUT2D eigenvalue weighted by Gasteiger charge is -2.04. The highest BCUT2D eigenvalue weighted by Crippen LogP contribution is 2.26. The van der Waals surface area contributed by atoms with E-state index in [1.807, 2.05) is 0 Å². The number of hydrogen-bond donors (Lipinski definition) is 1. The zero-order valence-electron chi connectivity index (χ0n) is 13.1. The number of carbonyl (C=O) groups excluding carboxylic acids is 1. The predicted molar refractivity (Wildman–Crippen MR) is 99.6 cm³/mol. The Labute approximate surface area is 158 Å². The molecule has 1 amide bonds. The average molecular weight is 411 g/mol. The number of thiazole rings is 1. The highest BCUT2D eigenvalue weighted by molar-refractivity contribution is 7.92. The van der Waals surface area contributed by atoms with Gasteiger partial charge in [-0.1, -0.05) is 23.7 Å². The second-order valence-corrected chi connectivity index (χ2v) is 8.59. The number of amides is 1. The van der Waals surface area contributed by atoms with Gasteiger partial charge in [-0.15, -0.1) is 11.3 Å². The van der Waals surface area contributed by atoms with Crippen molar-refractivity contribution in [3.8, 4) is 11.3 Å². The molecular formula is C17H12ClFN2O3S2. The largest absolute Gasteiger partial charge is 0.301 e. The summed E-state index contributed by atoms with van der Waals surface area (Å²) in [6.45, 7) is 0.